The van der Waals surface area contributed by atoms with E-state index < -0.39 is 5.60 Å². The van der Waals surface area contributed by atoms with Gasteiger partial charge in [0.05, 0.1) is 17.9 Å². The molecule has 15 heavy (non-hydrogen) atoms. The van der Waals surface area contributed by atoms with Gasteiger partial charge in [0, 0.05) is 6.54 Å². The minimum atomic E-state index is -0.485. The molecule has 1 aliphatic rings. The van der Waals surface area contributed by atoms with Crippen LogP contribution < -0.4 is 5.32 Å². The van der Waals surface area contributed by atoms with Crippen molar-refractivity contribution in [3.8, 4) is 0 Å². The van der Waals surface area contributed by atoms with Gasteiger partial charge in [0.1, 0.15) is 5.76 Å². The normalized spacial score (nSPS) is 21.7. The Balaban J connectivity index is 1.83. The zero-order chi connectivity index (χ0) is 10.7. The fraction of sp³-hybridized carbons (Fsp3) is 0.667. The fourth-order valence-electron chi connectivity index (χ4n) is 2.19. The van der Waals surface area contributed by atoms with Crippen molar-refractivity contribution < 1.29 is 9.52 Å². The van der Waals surface area contributed by atoms with Crippen LogP contribution in [0.2, 0.25) is 0 Å². The monoisotopic (exact) mass is 209 g/mol. The molecule has 0 radical (unpaired) electrons. The van der Waals surface area contributed by atoms with Gasteiger partial charge in [0.15, 0.2) is 0 Å². The van der Waals surface area contributed by atoms with E-state index in [4.69, 9.17) is 4.42 Å². The van der Waals surface area contributed by atoms with Crippen LogP contribution in [0.15, 0.2) is 22.8 Å². The molecule has 1 aromatic heterocycles. The Kier molecular flexibility index (Phi) is 3.12. The van der Waals surface area contributed by atoms with Crippen LogP contribution in [-0.2, 0) is 0 Å². The second-order valence-electron chi connectivity index (χ2n) is 4.55. The van der Waals surface area contributed by atoms with E-state index in [0.717, 1.165) is 31.4 Å². The summed E-state index contributed by atoms with van der Waals surface area (Å²) in [5.74, 6) is 0.927. The van der Waals surface area contributed by atoms with Crippen molar-refractivity contribution in [2.45, 2.75) is 44.2 Å². The van der Waals surface area contributed by atoms with Crippen molar-refractivity contribution in [2.75, 3.05) is 6.54 Å². The predicted octanol–water partition coefficient (Wildman–Crippen LogP) is 2.24. The van der Waals surface area contributed by atoms with E-state index >= 15 is 0 Å². The number of nitrogens with one attached hydrogen (secondary N) is 1. The zero-order valence-corrected chi connectivity index (χ0v) is 9.20. The molecule has 3 nitrogen and oxygen atoms in total. The van der Waals surface area contributed by atoms with Crippen LogP contribution >= 0.6 is 0 Å². The van der Waals surface area contributed by atoms with E-state index in [1.54, 1.807) is 6.26 Å². The maximum absolute atomic E-state index is 10.1. The topological polar surface area (TPSA) is 45.4 Å². The lowest BCUT2D eigenvalue weighted by Crippen LogP contribution is -2.38. The summed E-state index contributed by atoms with van der Waals surface area (Å²) in [6, 6.07) is 4.01. The minimum Gasteiger partial charge on any atom is -0.468 e. The summed E-state index contributed by atoms with van der Waals surface area (Å²) in [6.45, 7) is 2.71. The fourth-order valence-corrected chi connectivity index (χ4v) is 2.19. The molecule has 2 rings (SSSR count). The molecule has 0 unspecified atom stereocenters. The Bertz CT molecular complexity index is 289. The van der Waals surface area contributed by atoms with Gasteiger partial charge >= 0.3 is 0 Å². The molecule has 2 N–H and O–H groups in total. The highest BCUT2D eigenvalue weighted by atomic mass is 16.3. The molecule has 0 aliphatic heterocycles. The van der Waals surface area contributed by atoms with Crippen LogP contribution in [0, 0.1) is 0 Å². The third-order valence-corrected chi connectivity index (χ3v) is 3.24. The summed E-state index contributed by atoms with van der Waals surface area (Å²) in [7, 11) is 0. The molecule has 0 saturated heterocycles. The number of hydrogen-bond donors (Lipinski definition) is 2. The van der Waals surface area contributed by atoms with Gasteiger partial charge in [-0.3, -0.25) is 0 Å². The first-order valence-corrected chi connectivity index (χ1v) is 5.69. The average molecular weight is 209 g/mol. The van der Waals surface area contributed by atoms with Crippen molar-refractivity contribution >= 4 is 0 Å². The maximum Gasteiger partial charge on any atom is 0.120 e. The summed E-state index contributed by atoms with van der Waals surface area (Å²) < 4.78 is 5.30. The van der Waals surface area contributed by atoms with Gasteiger partial charge in [-0.2, -0.15) is 0 Å². The van der Waals surface area contributed by atoms with Crippen LogP contribution in [-0.4, -0.2) is 17.3 Å². The molecule has 3 heteroatoms. The molecule has 1 atom stereocenters. The van der Waals surface area contributed by atoms with Gasteiger partial charge in [-0.05, 0) is 31.9 Å². The largest absolute Gasteiger partial charge is 0.468 e. The molecular formula is C12H19NO2. The third-order valence-electron chi connectivity index (χ3n) is 3.24. The van der Waals surface area contributed by atoms with Gasteiger partial charge in [-0.25, -0.2) is 0 Å². The molecule has 84 valence electrons. The number of hydrogen-bond acceptors (Lipinski definition) is 3. The molecular weight excluding hydrogens is 190 g/mol. The lowest BCUT2D eigenvalue weighted by Gasteiger charge is -2.24. The number of furan rings is 1. The molecule has 1 heterocycles. The van der Waals surface area contributed by atoms with Gasteiger partial charge < -0.3 is 14.8 Å². The van der Waals surface area contributed by atoms with E-state index in [-0.39, 0.29) is 6.04 Å². The lowest BCUT2D eigenvalue weighted by atomic mass is 10.0. The first-order valence-electron chi connectivity index (χ1n) is 5.69. The Hall–Kier alpha value is -0.800. The average Bonchev–Trinajstić information content (AvgIpc) is 2.85. The Labute approximate surface area is 90.5 Å². The summed E-state index contributed by atoms with van der Waals surface area (Å²) in [6.07, 6.45) is 5.81. The van der Waals surface area contributed by atoms with Crippen molar-refractivity contribution in [3.63, 3.8) is 0 Å². The first-order chi connectivity index (χ1) is 7.20. The highest BCUT2D eigenvalue weighted by Gasteiger charge is 2.31. The quantitative estimate of drug-likeness (QED) is 0.799. The summed E-state index contributed by atoms with van der Waals surface area (Å²) in [4.78, 5) is 0. The van der Waals surface area contributed by atoms with Crippen LogP contribution in [0.5, 0.6) is 0 Å². The lowest BCUT2D eigenvalue weighted by molar-refractivity contribution is 0.0447. The van der Waals surface area contributed by atoms with Gasteiger partial charge in [-0.1, -0.05) is 12.8 Å². The van der Waals surface area contributed by atoms with Crippen LogP contribution in [0.4, 0.5) is 0 Å². The second kappa shape index (κ2) is 4.37. The van der Waals surface area contributed by atoms with Crippen LogP contribution in [0.3, 0.4) is 0 Å². The first kappa shape index (κ1) is 10.7. The minimum absolute atomic E-state index is 0.171. The summed E-state index contributed by atoms with van der Waals surface area (Å²) in [5.41, 5.74) is -0.485. The van der Waals surface area contributed by atoms with Crippen molar-refractivity contribution in [3.05, 3.63) is 24.2 Å². The van der Waals surface area contributed by atoms with E-state index in [1.165, 1.54) is 0 Å². The molecule has 1 aromatic rings. The molecule has 1 fully saturated rings. The zero-order valence-electron chi connectivity index (χ0n) is 9.20. The molecule has 1 aliphatic carbocycles. The SMILES string of the molecule is C[C@H](NCC1(O)CCCC1)c1ccco1. The molecule has 0 aromatic carbocycles. The van der Waals surface area contributed by atoms with Crippen molar-refractivity contribution in [1.82, 2.24) is 5.32 Å². The van der Waals surface area contributed by atoms with E-state index in [1.807, 2.05) is 12.1 Å². The second-order valence-corrected chi connectivity index (χ2v) is 4.55. The third kappa shape index (κ3) is 2.61. The Morgan fingerprint density at radius 3 is 2.87 bits per heavy atom. The van der Waals surface area contributed by atoms with Gasteiger partial charge in [0.2, 0.25) is 0 Å². The van der Waals surface area contributed by atoms with Crippen molar-refractivity contribution in [2.24, 2.45) is 0 Å². The summed E-state index contributed by atoms with van der Waals surface area (Å²) in [5, 5.41) is 13.5. The summed E-state index contributed by atoms with van der Waals surface area (Å²) >= 11 is 0. The highest BCUT2D eigenvalue weighted by molar-refractivity contribution is 5.03. The van der Waals surface area contributed by atoms with Crippen molar-refractivity contribution in [1.29, 1.82) is 0 Å². The molecule has 1 saturated carbocycles. The maximum atomic E-state index is 10.1. The van der Waals surface area contributed by atoms with E-state index in [2.05, 4.69) is 12.2 Å². The molecule has 0 amide bonds. The smallest absolute Gasteiger partial charge is 0.120 e. The Morgan fingerprint density at radius 2 is 2.27 bits per heavy atom. The van der Waals surface area contributed by atoms with Gasteiger partial charge in [0.25, 0.3) is 0 Å². The number of rotatable bonds is 4. The van der Waals surface area contributed by atoms with E-state index in [9.17, 15) is 5.11 Å². The van der Waals surface area contributed by atoms with E-state index in [0.29, 0.717) is 6.54 Å². The standard InChI is InChI=1S/C12H19NO2/c1-10(11-5-4-8-15-11)13-9-12(14)6-2-3-7-12/h4-5,8,10,13-14H,2-3,6-7,9H2,1H3/t10-/m0/s1. The van der Waals surface area contributed by atoms with Crippen LogP contribution in [0.25, 0.3) is 0 Å². The number of aliphatic hydroxyl groups is 1. The molecule has 0 bridgehead atoms. The Morgan fingerprint density at radius 1 is 1.53 bits per heavy atom. The predicted molar refractivity (Wildman–Crippen MR) is 58.5 cm³/mol. The van der Waals surface area contributed by atoms with Crippen LogP contribution in [0.1, 0.15) is 44.4 Å². The molecule has 0 spiro atoms. The van der Waals surface area contributed by atoms with Gasteiger partial charge in [-0.15, -0.1) is 0 Å². The highest BCUT2D eigenvalue weighted by Crippen LogP contribution is 2.29.